The number of thiol groups is 1. The van der Waals surface area contributed by atoms with Gasteiger partial charge in [0, 0.05) is 35.1 Å². The number of rotatable bonds is 0. The normalized spacial score (nSPS) is 8.71. The van der Waals surface area contributed by atoms with Crippen LogP contribution in [0.2, 0.25) is 0 Å². The van der Waals surface area contributed by atoms with Gasteiger partial charge in [-0.25, -0.2) is 0 Å². The smallest absolute Gasteiger partial charge is 0.0274 e. The Kier molecular flexibility index (Phi) is 11.4. The van der Waals surface area contributed by atoms with Crippen molar-refractivity contribution in [2.75, 3.05) is 0 Å². The van der Waals surface area contributed by atoms with Gasteiger partial charge in [-0.2, -0.15) is 0 Å². The van der Waals surface area contributed by atoms with E-state index in [1.165, 1.54) is 10.7 Å². The molecule has 0 amide bonds. The molecule has 0 fully saturated rings. The van der Waals surface area contributed by atoms with Crippen LogP contribution in [-0.2, 0) is 19.5 Å². The van der Waals surface area contributed by atoms with Crippen LogP contribution >= 0.6 is 80.4 Å². The van der Waals surface area contributed by atoms with Crippen LogP contribution in [0, 0.1) is 10.7 Å². The molecule has 0 unspecified atom stereocenters. The van der Waals surface area contributed by atoms with Crippen LogP contribution in [0.5, 0.6) is 0 Å². The molecular weight excluding hydrogens is 622 g/mol. The third kappa shape index (κ3) is 8.39. The van der Waals surface area contributed by atoms with E-state index in [0.717, 1.165) is 4.90 Å². The standard InChI is InChI=1S/C6H3I3.C6H6S.Zn/c7-4-1-2-5(8)6(9)3-4;7-6-4-2-1-3-5-6;/h1-3H;1-5,7H;. The summed E-state index contributed by atoms with van der Waals surface area (Å²) < 4.78 is 3.96. The van der Waals surface area contributed by atoms with Gasteiger partial charge in [0.2, 0.25) is 0 Å². The molecule has 0 saturated carbocycles. The summed E-state index contributed by atoms with van der Waals surface area (Å²) in [5.74, 6) is 0. The molecule has 0 spiro atoms. The summed E-state index contributed by atoms with van der Waals surface area (Å²) >= 11 is 11.1. The minimum absolute atomic E-state index is 0. The van der Waals surface area contributed by atoms with Gasteiger partial charge in [-0.15, -0.1) is 12.6 Å². The first-order valence-electron chi connectivity index (χ1n) is 4.44. The van der Waals surface area contributed by atoms with Gasteiger partial charge in [-0.05, 0) is 98.1 Å². The van der Waals surface area contributed by atoms with Gasteiger partial charge in [0.05, 0.1) is 0 Å². The second kappa shape index (κ2) is 10.4. The third-order valence-corrected chi connectivity index (χ3v) is 5.47. The Hall–Kier alpha value is 1.60. The third-order valence-electron chi connectivity index (χ3n) is 1.64. The maximum Gasteiger partial charge on any atom is 0.0274 e. The van der Waals surface area contributed by atoms with Crippen LogP contribution in [0.15, 0.2) is 53.4 Å². The molecule has 0 N–H and O–H groups in total. The zero-order valence-electron chi connectivity index (χ0n) is 8.91. The molecular formula is C12H9I3SZn. The van der Waals surface area contributed by atoms with E-state index in [0.29, 0.717) is 0 Å². The Bertz CT molecular complexity index is 449. The van der Waals surface area contributed by atoms with Crippen molar-refractivity contribution >= 4 is 80.4 Å². The molecule has 0 aliphatic heterocycles. The summed E-state index contributed by atoms with van der Waals surface area (Å²) in [6.45, 7) is 0. The fourth-order valence-electron chi connectivity index (χ4n) is 0.898. The summed E-state index contributed by atoms with van der Waals surface area (Å²) in [6.07, 6.45) is 0. The van der Waals surface area contributed by atoms with E-state index >= 15 is 0 Å². The zero-order chi connectivity index (χ0) is 12.0. The maximum absolute atomic E-state index is 4.08. The predicted octanol–water partition coefficient (Wildman–Crippen LogP) is 5.47. The zero-order valence-corrected chi connectivity index (χ0v) is 19.2. The van der Waals surface area contributed by atoms with E-state index in [-0.39, 0.29) is 19.5 Å². The number of hydrogen-bond acceptors (Lipinski definition) is 1. The fourth-order valence-corrected chi connectivity index (χ4v) is 3.01. The van der Waals surface area contributed by atoms with E-state index < -0.39 is 0 Å². The predicted molar refractivity (Wildman–Crippen MR) is 98.3 cm³/mol. The monoisotopic (exact) mass is 630 g/mol. The van der Waals surface area contributed by atoms with E-state index in [9.17, 15) is 0 Å². The van der Waals surface area contributed by atoms with Crippen LogP contribution < -0.4 is 0 Å². The van der Waals surface area contributed by atoms with Gasteiger partial charge in [0.25, 0.3) is 0 Å². The molecule has 0 aliphatic rings. The molecule has 0 saturated heterocycles. The Labute approximate surface area is 161 Å². The first-order valence-corrected chi connectivity index (χ1v) is 8.12. The van der Waals surface area contributed by atoms with Crippen LogP contribution in [0.4, 0.5) is 0 Å². The van der Waals surface area contributed by atoms with E-state index in [2.05, 4.69) is 98.6 Å². The first kappa shape index (κ1) is 18.6. The van der Waals surface area contributed by atoms with Crippen molar-refractivity contribution in [2.24, 2.45) is 0 Å². The van der Waals surface area contributed by atoms with Crippen LogP contribution in [0.3, 0.4) is 0 Å². The van der Waals surface area contributed by atoms with Crippen molar-refractivity contribution in [2.45, 2.75) is 4.90 Å². The SMILES string of the molecule is Ic1ccc(I)c(I)c1.Sc1ccccc1.[Zn]. The number of halogens is 3. The largest absolute Gasteiger partial charge is 0.143 e. The van der Waals surface area contributed by atoms with E-state index in [1.54, 1.807) is 0 Å². The van der Waals surface area contributed by atoms with Crippen molar-refractivity contribution in [3.63, 3.8) is 0 Å². The van der Waals surface area contributed by atoms with Gasteiger partial charge in [-0.1, -0.05) is 18.2 Å². The van der Waals surface area contributed by atoms with Crippen molar-refractivity contribution < 1.29 is 19.5 Å². The minimum Gasteiger partial charge on any atom is -0.143 e. The first-order chi connectivity index (χ1) is 7.59. The molecule has 0 aliphatic carbocycles. The molecule has 5 heteroatoms. The number of hydrogen-bond donors (Lipinski definition) is 1. The molecule has 2 rings (SSSR count). The Morgan fingerprint density at radius 3 is 1.71 bits per heavy atom. The van der Waals surface area contributed by atoms with Crippen LogP contribution in [-0.4, -0.2) is 0 Å². The summed E-state index contributed by atoms with van der Waals surface area (Å²) in [5.41, 5.74) is 0. The summed E-state index contributed by atoms with van der Waals surface area (Å²) in [5, 5.41) is 0. The van der Waals surface area contributed by atoms with Gasteiger partial charge < -0.3 is 0 Å². The van der Waals surface area contributed by atoms with Gasteiger partial charge in [0.1, 0.15) is 0 Å². The molecule has 0 aromatic heterocycles. The quantitative estimate of drug-likeness (QED) is 0.170. The second-order valence-electron chi connectivity index (χ2n) is 2.89. The summed E-state index contributed by atoms with van der Waals surface area (Å²) in [6, 6.07) is 16.2. The van der Waals surface area contributed by atoms with Gasteiger partial charge in [0.15, 0.2) is 0 Å². The molecule has 86 valence electrons. The second-order valence-corrected chi connectivity index (χ2v) is 6.98. The Morgan fingerprint density at radius 1 is 0.765 bits per heavy atom. The topological polar surface area (TPSA) is 0 Å². The van der Waals surface area contributed by atoms with Crippen molar-refractivity contribution in [3.8, 4) is 0 Å². The molecule has 2 aromatic carbocycles. The number of benzene rings is 2. The summed E-state index contributed by atoms with van der Waals surface area (Å²) in [7, 11) is 0. The average Bonchev–Trinajstić information content (AvgIpc) is 2.26. The van der Waals surface area contributed by atoms with Crippen LogP contribution in [0.1, 0.15) is 0 Å². The molecule has 0 heterocycles. The Balaban J connectivity index is 0.000000292. The molecule has 0 radical (unpaired) electrons. The minimum atomic E-state index is 0. The van der Waals surface area contributed by atoms with Crippen molar-refractivity contribution in [1.29, 1.82) is 0 Å². The molecule has 2 aromatic rings. The van der Waals surface area contributed by atoms with Gasteiger partial charge in [-0.3, -0.25) is 0 Å². The molecule has 0 atom stereocenters. The van der Waals surface area contributed by atoms with Gasteiger partial charge >= 0.3 is 0 Å². The van der Waals surface area contributed by atoms with Crippen molar-refractivity contribution in [1.82, 2.24) is 0 Å². The average molecular weight is 631 g/mol. The van der Waals surface area contributed by atoms with E-state index in [1.807, 2.05) is 30.3 Å². The maximum atomic E-state index is 4.08. The molecule has 17 heavy (non-hydrogen) atoms. The van der Waals surface area contributed by atoms with E-state index in [4.69, 9.17) is 0 Å². The van der Waals surface area contributed by atoms with Crippen LogP contribution in [0.25, 0.3) is 0 Å². The fraction of sp³-hybridized carbons (Fsp3) is 0. The summed E-state index contributed by atoms with van der Waals surface area (Å²) in [4.78, 5) is 1.02. The Morgan fingerprint density at radius 2 is 1.35 bits per heavy atom. The van der Waals surface area contributed by atoms with Crippen molar-refractivity contribution in [3.05, 3.63) is 59.2 Å². The molecule has 0 nitrogen and oxygen atoms in total. The molecule has 0 bridgehead atoms.